The van der Waals surface area contributed by atoms with Gasteiger partial charge < -0.3 is 19.7 Å². The molecule has 2 heterocycles. The summed E-state index contributed by atoms with van der Waals surface area (Å²) in [5.74, 6) is 1.67. The predicted molar refractivity (Wildman–Crippen MR) is 111 cm³/mol. The molecule has 0 radical (unpaired) electrons. The number of likely N-dealkylation sites (tertiary alicyclic amines) is 1. The van der Waals surface area contributed by atoms with Crippen LogP contribution in [0.15, 0.2) is 23.7 Å². The molecular formula is C17H33IN6. The number of likely N-dealkylation sites (N-methyl/N-ethyl adjacent to an activating group) is 1. The Kier molecular flexibility index (Phi) is 9.04. The molecule has 0 aliphatic carbocycles. The minimum atomic E-state index is 0. The highest BCUT2D eigenvalue weighted by molar-refractivity contribution is 14.0. The van der Waals surface area contributed by atoms with E-state index in [0.29, 0.717) is 18.0 Å². The van der Waals surface area contributed by atoms with Crippen molar-refractivity contribution in [2.45, 2.75) is 39.3 Å². The maximum atomic E-state index is 4.48. The van der Waals surface area contributed by atoms with Gasteiger partial charge in [0.1, 0.15) is 0 Å². The summed E-state index contributed by atoms with van der Waals surface area (Å²) in [6.07, 6.45) is 7.03. The number of hydrogen-bond donors (Lipinski definition) is 1. The third-order valence-electron chi connectivity index (χ3n) is 4.97. The highest BCUT2D eigenvalue weighted by atomic mass is 127. The molecule has 1 fully saturated rings. The summed E-state index contributed by atoms with van der Waals surface area (Å²) in [7, 11) is 4.03. The topological polar surface area (TPSA) is 48.7 Å². The lowest BCUT2D eigenvalue weighted by Gasteiger charge is -2.39. The summed E-state index contributed by atoms with van der Waals surface area (Å²) < 4.78 is 2.23. The number of piperidine rings is 1. The first-order chi connectivity index (χ1) is 11.0. The normalized spacial score (nSPS) is 22.0. The molecule has 138 valence electrons. The molecule has 1 saturated heterocycles. The molecular weight excluding hydrogens is 415 g/mol. The van der Waals surface area contributed by atoms with Crippen molar-refractivity contribution in [2.24, 2.45) is 10.9 Å². The van der Waals surface area contributed by atoms with E-state index in [1.165, 1.54) is 6.42 Å². The molecule has 2 unspecified atom stereocenters. The molecule has 2 rings (SSSR count). The van der Waals surface area contributed by atoms with Crippen LogP contribution in [0.25, 0.3) is 0 Å². The molecule has 1 aromatic rings. The lowest BCUT2D eigenvalue weighted by Crippen LogP contribution is -2.50. The van der Waals surface area contributed by atoms with Crippen LogP contribution >= 0.6 is 24.0 Å². The number of rotatable bonds is 5. The zero-order valence-electron chi connectivity index (χ0n) is 15.6. The third kappa shape index (κ3) is 5.61. The molecule has 2 atom stereocenters. The Morgan fingerprint density at radius 1 is 1.46 bits per heavy atom. The minimum absolute atomic E-state index is 0. The maximum Gasteiger partial charge on any atom is 0.193 e. The van der Waals surface area contributed by atoms with Crippen LogP contribution in [-0.2, 0) is 0 Å². The Bertz CT molecular complexity index is 487. The van der Waals surface area contributed by atoms with Gasteiger partial charge in [0.15, 0.2) is 5.96 Å². The zero-order chi connectivity index (χ0) is 16.8. The van der Waals surface area contributed by atoms with Gasteiger partial charge in [0.2, 0.25) is 0 Å². The second-order valence-corrected chi connectivity index (χ2v) is 6.84. The molecule has 7 heteroatoms. The molecule has 0 spiro atoms. The van der Waals surface area contributed by atoms with Crippen LogP contribution < -0.4 is 5.32 Å². The van der Waals surface area contributed by atoms with E-state index in [1.54, 1.807) is 0 Å². The molecule has 1 aromatic heterocycles. The molecule has 0 amide bonds. The van der Waals surface area contributed by atoms with Gasteiger partial charge in [0, 0.05) is 51.7 Å². The average Bonchev–Trinajstić information content (AvgIpc) is 3.06. The number of hydrogen-bond acceptors (Lipinski definition) is 3. The van der Waals surface area contributed by atoms with Crippen LogP contribution in [-0.4, -0.2) is 71.6 Å². The first kappa shape index (κ1) is 21.2. The van der Waals surface area contributed by atoms with Gasteiger partial charge in [-0.25, -0.2) is 4.98 Å². The second-order valence-electron chi connectivity index (χ2n) is 6.84. The van der Waals surface area contributed by atoms with Gasteiger partial charge in [-0.2, -0.15) is 0 Å². The first-order valence-corrected chi connectivity index (χ1v) is 8.66. The van der Waals surface area contributed by atoms with Crippen LogP contribution in [0.3, 0.4) is 0 Å². The fraction of sp³-hybridized carbons (Fsp3) is 0.765. The van der Waals surface area contributed by atoms with E-state index in [9.17, 15) is 0 Å². The van der Waals surface area contributed by atoms with Gasteiger partial charge in [-0.15, -0.1) is 24.0 Å². The third-order valence-corrected chi connectivity index (χ3v) is 4.97. The Hall–Kier alpha value is -0.830. The van der Waals surface area contributed by atoms with Crippen molar-refractivity contribution in [2.75, 3.05) is 40.3 Å². The van der Waals surface area contributed by atoms with E-state index in [4.69, 9.17) is 0 Å². The lowest BCUT2D eigenvalue weighted by atomic mass is 9.93. The SMILES string of the molecule is CN=C(NCCN(C)C(C)C)N1CCC(C)C(n2ccnc2)C1.I. The monoisotopic (exact) mass is 448 g/mol. The van der Waals surface area contributed by atoms with Crippen LogP contribution in [0.1, 0.15) is 33.2 Å². The van der Waals surface area contributed by atoms with Crippen molar-refractivity contribution >= 4 is 29.9 Å². The molecule has 1 aliphatic heterocycles. The van der Waals surface area contributed by atoms with E-state index in [1.807, 2.05) is 19.6 Å². The largest absolute Gasteiger partial charge is 0.355 e. The second kappa shape index (κ2) is 10.2. The standard InChI is InChI=1S/C17H32N6.HI/c1-14(2)21(5)10-8-20-17(18-4)22-9-6-15(3)16(12-22)23-11-7-19-13-23;/h7,11,13-16H,6,8-10,12H2,1-5H3,(H,18,20);1H. The molecule has 1 N–H and O–H groups in total. The minimum Gasteiger partial charge on any atom is -0.355 e. The van der Waals surface area contributed by atoms with Gasteiger partial charge in [-0.3, -0.25) is 4.99 Å². The quantitative estimate of drug-likeness (QED) is 0.427. The summed E-state index contributed by atoms with van der Waals surface area (Å²) >= 11 is 0. The first-order valence-electron chi connectivity index (χ1n) is 8.66. The average molecular weight is 448 g/mol. The van der Waals surface area contributed by atoms with E-state index < -0.39 is 0 Å². The van der Waals surface area contributed by atoms with Gasteiger partial charge in [-0.05, 0) is 33.2 Å². The van der Waals surface area contributed by atoms with Crippen molar-refractivity contribution in [3.8, 4) is 0 Å². The van der Waals surface area contributed by atoms with Crippen LogP contribution in [0, 0.1) is 5.92 Å². The van der Waals surface area contributed by atoms with Crippen molar-refractivity contribution < 1.29 is 0 Å². The Morgan fingerprint density at radius 2 is 2.21 bits per heavy atom. The zero-order valence-corrected chi connectivity index (χ0v) is 18.0. The van der Waals surface area contributed by atoms with Crippen molar-refractivity contribution in [3.05, 3.63) is 18.7 Å². The molecule has 24 heavy (non-hydrogen) atoms. The highest BCUT2D eigenvalue weighted by Crippen LogP contribution is 2.27. The summed E-state index contributed by atoms with van der Waals surface area (Å²) in [4.78, 5) is 13.4. The molecule has 0 aromatic carbocycles. The van der Waals surface area contributed by atoms with Crippen molar-refractivity contribution in [3.63, 3.8) is 0 Å². The molecule has 0 bridgehead atoms. The van der Waals surface area contributed by atoms with Crippen LogP contribution in [0.4, 0.5) is 0 Å². The lowest BCUT2D eigenvalue weighted by molar-refractivity contribution is 0.188. The number of imidazole rings is 1. The number of guanidine groups is 1. The van der Waals surface area contributed by atoms with Crippen molar-refractivity contribution in [1.29, 1.82) is 0 Å². The summed E-state index contributed by atoms with van der Waals surface area (Å²) in [5, 5.41) is 3.51. The van der Waals surface area contributed by atoms with Crippen LogP contribution in [0.5, 0.6) is 0 Å². The highest BCUT2D eigenvalue weighted by Gasteiger charge is 2.28. The number of nitrogens with one attached hydrogen (secondary N) is 1. The van der Waals surface area contributed by atoms with Crippen molar-refractivity contribution in [1.82, 2.24) is 24.7 Å². The van der Waals surface area contributed by atoms with E-state index in [-0.39, 0.29) is 24.0 Å². The summed E-state index contributed by atoms with van der Waals surface area (Å²) in [5.41, 5.74) is 0. The Labute approximate surface area is 163 Å². The van der Waals surface area contributed by atoms with Gasteiger partial charge in [0.25, 0.3) is 0 Å². The van der Waals surface area contributed by atoms with Gasteiger partial charge >= 0.3 is 0 Å². The Morgan fingerprint density at radius 3 is 2.79 bits per heavy atom. The fourth-order valence-corrected chi connectivity index (χ4v) is 3.03. The van der Waals surface area contributed by atoms with Gasteiger partial charge in [-0.1, -0.05) is 6.92 Å². The number of nitrogens with zero attached hydrogens (tertiary/aromatic N) is 5. The number of aliphatic imine (C=N–C) groups is 1. The summed E-state index contributed by atoms with van der Waals surface area (Å²) in [6.45, 7) is 10.8. The number of halogens is 1. The number of aromatic nitrogens is 2. The smallest absolute Gasteiger partial charge is 0.193 e. The molecule has 6 nitrogen and oxygen atoms in total. The van der Waals surface area contributed by atoms with Gasteiger partial charge in [0.05, 0.1) is 12.4 Å². The van der Waals surface area contributed by atoms with E-state index in [2.05, 4.69) is 63.7 Å². The summed E-state index contributed by atoms with van der Waals surface area (Å²) in [6, 6.07) is 1.03. The Balaban J connectivity index is 0.00000288. The maximum absolute atomic E-state index is 4.48. The fourth-order valence-electron chi connectivity index (χ4n) is 3.03. The molecule has 0 saturated carbocycles. The van der Waals surface area contributed by atoms with E-state index in [0.717, 1.165) is 32.1 Å². The van der Waals surface area contributed by atoms with Crippen LogP contribution in [0.2, 0.25) is 0 Å². The molecule has 1 aliphatic rings. The predicted octanol–water partition coefficient (Wildman–Crippen LogP) is 2.30. The van der Waals surface area contributed by atoms with E-state index >= 15 is 0 Å².